The Morgan fingerprint density at radius 3 is 2.18 bits per heavy atom. The molecule has 1 saturated carbocycles. The van der Waals surface area contributed by atoms with Gasteiger partial charge in [0.15, 0.2) is 9.84 Å². The number of hydrogen-bond donors (Lipinski definition) is 1. The molecule has 10 heteroatoms. The molecule has 1 aliphatic carbocycles. The third kappa shape index (κ3) is 6.15. The van der Waals surface area contributed by atoms with Crippen LogP contribution in [0.3, 0.4) is 0 Å². The van der Waals surface area contributed by atoms with Crippen LogP contribution in [0.1, 0.15) is 64.5 Å². The van der Waals surface area contributed by atoms with Crippen LogP contribution in [0.15, 0.2) is 29.2 Å². The lowest BCUT2D eigenvalue weighted by molar-refractivity contribution is -0.134. The van der Waals surface area contributed by atoms with Gasteiger partial charge in [0.05, 0.1) is 22.9 Å². The van der Waals surface area contributed by atoms with Crippen molar-refractivity contribution in [2.24, 2.45) is 0 Å². The van der Waals surface area contributed by atoms with Crippen LogP contribution in [0.25, 0.3) is 0 Å². The molecule has 2 unspecified atom stereocenters. The maximum atomic E-state index is 13.2. The first-order chi connectivity index (χ1) is 15.6. The van der Waals surface area contributed by atoms with E-state index in [0.29, 0.717) is 19.5 Å². The smallest absolute Gasteiger partial charge is 0.243 e. The van der Waals surface area contributed by atoms with Crippen LogP contribution in [0.2, 0.25) is 0 Å². The summed E-state index contributed by atoms with van der Waals surface area (Å²) in [5, 5.41) is 3.25. The second-order valence-electron chi connectivity index (χ2n) is 9.06. The molecule has 2 fully saturated rings. The van der Waals surface area contributed by atoms with E-state index in [0.717, 1.165) is 31.2 Å². The molecule has 1 aliphatic heterocycles. The predicted molar refractivity (Wildman–Crippen MR) is 129 cm³/mol. The fraction of sp³-hybridized carbons (Fsp3) is 0.696. The van der Waals surface area contributed by atoms with E-state index in [1.165, 1.54) is 4.31 Å². The largest absolute Gasteiger partial charge is 0.335 e. The third-order valence-electron chi connectivity index (χ3n) is 6.89. The van der Waals surface area contributed by atoms with Crippen LogP contribution in [-0.4, -0.2) is 75.2 Å². The summed E-state index contributed by atoms with van der Waals surface area (Å²) in [5.74, 6) is 0.158. The molecule has 0 aromatic heterocycles. The summed E-state index contributed by atoms with van der Waals surface area (Å²) in [6, 6.07) is 6.50. The summed E-state index contributed by atoms with van der Waals surface area (Å²) >= 11 is 0. The summed E-state index contributed by atoms with van der Waals surface area (Å²) in [6.45, 7) is 6.51. The number of carbonyl (C=O) groups excluding carboxylic acids is 1. The van der Waals surface area contributed by atoms with Crippen molar-refractivity contribution in [3.05, 3.63) is 29.8 Å². The van der Waals surface area contributed by atoms with Crippen LogP contribution in [-0.2, 0) is 24.7 Å². The molecule has 1 amide bonds. The van der Waals surface area contributed by atoms with Crippen LogP contribution >= 0.6 is 0 Å². The van der Waals surface area contributed by atoms with Gasteiger partial charge in [0.2, 0.25) is 15.9 Å². The van der Waals surface area contributed by atoms with Gasteiger partial charge in [-0.1, -0.05) is 38.8 Å². The van der Waals surface area contributed by atoms with Gasteiger partial charge in [0.25, 0.3) is 0 Å². The minimum Gasteiger partial charge on any atom is -0.335 e. The SMILES string of the molecule is CCN(CC)S(=O)(=O)c1ccc(C(C)NCC(=O)N(C2CCCC2)C2CCS(=O)(=O)C2)cc1. The molecule has 186 valence electrons. The molecular weight excluding hydrogens is 462 g/mol. The molecule has 0 radical (unpaired) electrons. The average molecular weight is 500 g/mol. The van der Waals surface area contributed by atoms with Gasteiger partial charge in [0, 0.05) is 31.2 Å². The zero-order valence-corrected chi connectivity index (χ0v) is 21.5. The Morgan fingerprint density at radius 1 is 1.06 bits per heavy atom. The van der Waals surface area contributed by atoms with E-state index in [1.54, 1.807) is 24.3 Å². The number of rotatable bonds is 10. The zero-order valence-electron chi connectivity index (χ0n) is 19.9. The van der Waals surface area contributed by atoms with Gasteiger partial charge in [-0.25, -0.2) is 16.8 Å². The van der Waals surface area contributed by atoms with Crippen LogP contribution < -0.4 is 5.32 Å². The fourth-order valence-corrected chi connectivity index (χ4v) is 8.14. The summed E-state index contributed by atoms with van der Waals surface area (Å²) < 4.78 is 50.8. The molecule has 33 heavy (non-hydrogen) atoms. The number of benzene rings is 1. The van der Waals surface area contributed by atoms with Gasteiger partial charge in [-0.05, 0) is 43.9 Å². The van der Waals surface area contributed by atoms with E-state index in [1.807, 2.05) is 25.7 Å². The summed E-state index contributed by atoms with van der Waals surface area (Å²) in [4.78, 5) is 15.3. The van der Waals surface area contributed by atoms with Crippen molar-refractivity contribution >= 4 is 25.8 Å². The fourth-order valence-electron chi connectivity index (χ4n) is 4.97. The van der Waals surface area contributed by atoms with Gasteiger partial charge in [0.1, 0.15) is 0 Å². The van der Waals surface area contributed by atoms with Crippen LogP contribution in [0.4, 0.5) is 0 Å². The number of carbonyl (C=O) groups is 1. The van der Waals surface area contributed by atoms with Gasteiger partial charge in [-0.3, -0.25) is 4.79 Å². The molecule has 0 bridgehead atoms. The Bertz CT molecular complexity index is 1010. The number of sulfonamides is 1. The lowest BCUT2D eigenvalue weighted by atomic mass is 10.1. The molecule has 1 aromatic carbocycles. The van der Waals surface area contributed by atoms with Crippen molar-refractivity contribution in [2.45, 2.75) is 75.9 Å². The molecule has 1 heterocycles. The van der Waals surface area contributed by atoms with Crippen molar-refractivity contribution in [3.8, 4) is 0 Å². The first kappa shape index (κ1) is 26.1. The summed E-state index contributed by atoms with van der Waals surface area (Å²) in [5.41, 5.74) is 0.886. The van der Waals surface area contributed by atoms with E-state index >= 15 is 0 Å². The molecule has 8 nitrogen and oxygen atoms in total. The Kier molecular flexibility index (Phi) is 8.58. The van der Waals surface area contributed by atoms with Gasteiger partial charge in [-0.15, -0.1) is 0 Å². The number of nitrogens with zero attached hydrogens (tertiary/aromatic N) is 2. The van der Waals surface area contributed by atoms with Crippen molar-refractivity contribution < 1.29 is 21.6 Å². The molecule has 2 atom stereocenters. The maximum absolute atomic E-state index is 13.2. The molecule has 1 aromatic rings. The predicted octanol–water partition coefficient (Wildman–Crippen LogP) is 2.33. The molecule has 3 rings (SSSR count). The van der Waals surface area contributed by atoms with E-state index in [9.17, 15) is 21.6 Å². The standard InChI is InChI=1S/C23H37N3O5S2/c1-4-25(5-2)33(30,31)22-12-10-19(11-13-22)18(3)24-16-23(27)26(20-8-6-7-9-20)21-14-15-32(28,29)17-21/h10-13,18,20-21,24H,4-9,14-17H2,1-3H3. The van der Waals surface area contributed by atoms with Crippen molar-refractivity contribution in [3.63, 3.8) is 0 Å². The first-order valence-electron chi connectivity index (χ1n) is 11.9. The minimum absolute atomic E-state index is 0.0587. The maximum Gasteiger partial charge on any atom is 0.243 e. The van der Waals surface area contributed by atoms with E-state index in [4.69, 9.17) is 0 Å². The normalized spacial score (nSPS) is 22.0. The number of nitrogens with one attached hydrogen (secondary N) is 1. The Balaban J connectivity index is 1.65. The third-order valence-corrected chi connectivity index (χ3v) is 10.7. The van der Waals surface area contributed by atoms with Gasteiger partial charge < -0.3 is 10.2 Å². The highest BCUT2D eigenvalue weighted by Crippen LogP contribution is 2.29. The highest BCUT2D eigenvalue weighted by molar-refractivity contribution is 7.91. The van der Waals surface area contributed by atoms with Crippen LogP contribution in [0, 0.1) is 0 Å². The topological polar surface area (TPSA) is 104 Å². The Morgan fingerprint density at radius 2 is 1.67 bits per heavy atom. The van der Waals surface area contributed by atoms with Crippen molar-refractivity contribution in [1.29, 1.82) is 0 Å². The number of sulfone groups is 1. The number of amides is 1. The zero-order chi connectivity index (χ0) is 24.2. The molecular formula is C23H37N3O5S2. The molecule has 0 spiro atoms. The quantitative estimate of drug-likeness (QED) is 0.530. The van der Waals surface area contributed by atoms with Gasteiger partial charge >= 0.3 is 0 Å². The highest BCUT2D eigenvalue weighted by atomic mass is 32.2. The summed E-state index contributed by atoms with van der Waals surface area (Å²) in [6.07, 6.45) is 4.52. The number of hydrogen-bond acceptors (Lipinski definition) is 6. The molecule has 1 N–H and O–H groups in total. The van der Waals surface area contributed by atoms with Crippen LogP contribution in [0.5, 0.6) is 0 Å². The van der Waals surface area contributed by atoms with E-state index in [2.05, 4.69) is 5.32 Å². The molecule has 1 saturated heterocycles. The molecule has 2 aliphatic rings. The van der Waals surface area contributed by atoms with Gasteiger partial charge in [-0.2, -0.15) is 4.31 Å². The van der Waals surface area contributed by atoms with E-state index < -0.39 is 19.9 Å². The second kappa shape index (κ2) is 10.8. The monoisotopic (exact) mass is 499 g/mol. The first-order valence-corrected chi connectivity index (χ1v) is 15.2. The second-order valence-corrected chi connectivity index (χ2v) is 13.2. The average Bonchev–Trinajstić information content (AvgIpc) is 3.43. The Labute approximate surface area is 198 Å². The van der Waals surface area contributed by atoms with Crippen molar-refractivity contribution in [1.82, 2.24) is 14.5 Å². The van der Waals surface area contributed by atoms with E-state index in [-0.39, 0.29) is 47.0 Å². The lowest BCUT2D eigenvalue weighted by Crippen LogP contribution is -2.50. The minimum atomic E-state index is -3.51. The van der Waals surface area contributed by atoms with Crippen molar-refractivity contribution in [2.75, 3.05) is 31.1 Å². The lowest BCUT2D eigenvalue weighted by Gasteiger charge is -2.34. The summed E-state index contributed by atoms with van der Waals surface area (Å²) in [7, 11) is -6.58. The Hall–Kier alpha value is -1.49. The highest BCUT2D eigenvalue weighted by Gasteiger charge is 2.38.